The molecule has 4 heteroatoms. The van der Waals surface area contributed by atoms with Crippen LogP contribution >= 0.6 is 0 Å². The van der Waals surface area contributed by atoms with Gasteiger partial charge in [-0.15, -0.1) is 0 Å². The summed E-state index contributed by atoms with van der Waals surface area (Å²) in [5, 5.41) is 2.28. The van der Waals surface area contributed by atoms with Crippen molar-refractivity contribution in [1.29, 1.82) is 0 Å². The molecule has 0 bridgehead atoms. The monoisotopic (exact) mass is 235 g/mol. The predicted molar refractivity (Wildman–Crippen MR) is 60.9 cm³/mol. The van der Waals surface area contributed by atoms with E-state index in [-0.39, 0.29) is 17.6 Å². The largest absolute Gasteiger partial charge is 0.296 e. The van der Waals surface area contributed by atoms with Crippen LogP contribution in [-0.2, 0) is 16.0 Å². The molecule has 1 atom stereocenters. The van der Waals surface area contributed by atoms with E-state index < -0.39 is 5.92 Å². The zero-order chi connectivity index (χ0) is 12.4. The Labute approximate surface area is 99.0 Å². The highest BCUT2D eigenvalue weighted by molar-refractivity contribution is 6.00. The Kier molecular flexibility index (Phi) is 3.22. The Bertz CT molecular complexity index is 470. The third-order valence-electron chi connectivity index (χ3n) is 3.03. The molecule has 1 aliphatic heterocycles. The lowest BCUT2D eigenvalue weighted by molar-refractivity contribution is -0.134. The second kappa shape index (κ2) is 4.65. The van der Waals surface area contributed by atoms with Gasteiger partial charge in [-0.05, 0) is 36.1 Å². The summed E-state index contributed by atoms with van der Waals surface area (Å²) in [7, 11) is 0. The van der Waals surface area contributed by atoms with Gasteiger partial charge in [-0.1, -0.05) is 13.0 Å². The van der Waals surface area contributed by atoms with Gasteiger partial charge in [0.15, 0.2) is 0 Å². The molecule has 1 fully saturated rings. The average molecular weight is 235 g/mol. The van der Waals surface area contributed by atoms with Crippen LogP contribution in [0.15, 0.2) is 18.2 Å². The number of benzene rings is 1. The van der Waals surface area contributed by atoms with Crippen LogP contribution < -0.4 is 5.32 Å². The van der Waals surface area contributed by atoms with Gasteiger partial charge in [0.05, 0.1) is 5.92 Å². The molecule has 1 saturated heterocycles. The van der Waals surface area contributed by atoms with Crippen molar-refractivity contribution < 1.29 is 14.0 Å². The number of hydrogen-bond donors (Lipinski definition) is 1. The highest BCUT2D eigenvalue weighted by atomic mass is 19.1. The van der Waals surface area contributed by atoms with E-state index in [9.17, 15) is 14.0 Å². The molecule has 0 spiro atoms. The van der Waals surface area contributed by atoms with Crippen molar-refractivity contribution >= 4 is 11.8 Å². The third kappa shape index (κ3) is 2.52. The lowest BCUT2D eigenvalue weighted by Gasteiger charge is -2.21. The van der Waals surface area contributed by atoms with E-state index in [1.54, 1.807) is 0 Å². The molecule has 1 unspecified atom stereocenters. The van der Waals surface area contributed by atoms with E-state index in [4.69, 9.17) is 0 Å². The second-order valence-electron chi connectivity index (χ2n) is 4.25. The van der Waals surface area contributed by atoms with E-state index >= 15 is 0 Å². The molecule has 0 aromatic heterocycles. The van der Waals surface area contributed by atoms with E-state index in [1.807, 2.05) is 13.0 Å². The first-order valence-corrected chi connectivity index (χ1v) is 5.73. The van der Waals surface area contributed by atoms with Gasteiger partial charge in [0.2, 0.25) is 11.8 Å². The van der Waals surface area contributed by atoms with Crippen molar-refractivity contribution in [3.05, 3.63) is 35.1 Å². The molecule has 3 nitrogen and oxygen atoms in total. The molecular weight excluding hydrogens is 221 g/mol. The van der Waals surface area contributed by atoms with E-state index in [2.05, 4.69) is 5.32 Å². The van der Waals surface area contributed by atoms with Gasteiger partial charge < -0.3 is 0 Å². The number of carbonyl (C=O) groups excluding carboxylic acids is 2. The van der Waals surface area contributed by atoms with Gasteiger partial charge in [0.1, 0.15) is 5.82 Å². The number of halogens is 1. The number of imide groups is 1. The lowest BCUT2D eigenvalue weighted by Crippen LogP contribution is -2.39. The maximum atomic E-state index is 13.4. The highest BCUT2D eigenvalue weighted by Gasteiger charge is 2.28. The molecule has 1 aromatic carbocycles. The summed E-state index contributed by atoms with van der Waals surface area (Å²) < 4.78 is 13.4. The Hall–Kier alpha value is -1.71. The molecule has 1 N–H and O–H groups in total. The molecule has 17 heavy (non-hydrogen) atoms. The molecule has 2 rings (SSSR count). The van der Waals surface area contributed by atoms with Gasteiger partial charge in [0.25, 0.3) is 0 Å². The number of carbonyl (C=O) groups is 2. The van der Waals surface area contributed by atoms with Crippen molar-refractivity contribution in [2.75, 3.05) is 0 Å². The van der Waals surface area contributed by atoms with Gasteiger partial charge in [-0.25, -0.2) is 4.39 Å². The second-order valence-corrected chi connectivity index (χ2v) is 4.25. The normalized spacial score (nSPS) is 20.2. The van der Waals surface area contributed by atoms with Crippen LogP contribution in [0, 0.1) is 5.82 Å². The third-order valence-corrected chi connectivity index (χ3v) is 3.03. The van der Waals surface area contributed by atoms with E-state index in [1.165, 1.54) is 12.1 Å². The standard InChI is InChI=1S/C13H14FNO2/c1-2-8-5-9(7-10(14)6-8)11-3-4-12(16)15-13(11)17/h5-7,11H,2-4H2,1H3,(H,15,16,17). The smallest absolute Gasteiger partial charge is 0.234 e. The van der Waals surface area contributed by atoms with Crippen LogP contribution in [0.5, 0.6) is 0 Å². The zero-order valence-electron chi connectivity index (χ0n) is 9.63. The molecule has 0 radical (unpaired) electrons. The van der Waals surface area contributed by atoms with Crippen molar-refractivity contribution in [1.82, 2.24) is 5.32 Å². The minimum atomic E-state index is -0.409. The van der Waals surface area contributed by atoms with Crippen LogP contribution in [0.2, 0.25) is 0 Å². The Balaban J connectivity index is 2.30. The van der Waals surface area contributed by atoms with Crippen molar-refractivity contribution in [2.45, 2.75) is 32.1 Å². The lowest BCUT2D eigenvalue weighted by atomic mass is 9.89. The van der Waals surface area contributed by atoms with Crippen LogP contribution in [0.1, 0.15) is 36.8 Å². The molecule has 1 aromatic rings. The maximum Gasteiger partial charge on any atom is 0.234 e. The highest BCUT2D eigenvalue weighted by Crippen LogP contribution is 2.26. The first kappa shape index (κ1) is 11.8. The van der Waals surface area contributed by atoms with Gasteiger partial charge in [0, 0.05) is 6.42 Å². The number of rotatable bonds is 2. The Morgan fingerprint density at radius 1 is 1.35 bits per heavy atom. The topological polar surface area (TPSA) is 46.2 Å². The average Bonchev–Trinajstić information content (AvgIpc) is 2.28. The quantitative estimate of drug-likeness (QED) is 0.796. The zero-order valence-corrected chi connectivity index (χ0v) is 9.63. The molecule has 90 valence electrons. The number of amides is 2. The van der Waals surface area contributed by atoms with Crippen molar-refractivity contribution in [2.24, 2.45) is 0 Å². The molecule has 2 amide bonds. The fourth-order valence-electron chi connectivity index (χ4n) is 2.09. The van der Waals surface area contributed by atoms with Crippen LogP contribution in [0.3, 0.4) is 0 Å². The molecule has 0 aliphatic carbocycles. The fourth-order valence-corrected chi connectivity index (χ4v) is 2.09. The summed E-state index contributed by atoms with van der Waals surface area (Å²) in [5.74, 6) is -1.31. The van der Waals surface area contributed by atoms with E-state index in [0.717, 1.165) is 12.0 Å². The summed E-state index contributed by atoms with van der Waals surface area (Å²) >= 11 is 0. The summed E-state index contributed by atoms with van der Waals surface area (Å²) in [6.07, 6.45) is 1.49. The van der Waals surface area contributed by atoms with Crippen LogP contribution in [0.4, 0.5) is 4.39 Å². The number of nitrogens with one attached hydrogen (secondary N) is 1. The maximum absolute atomic E-state index is 13.4. The SMILES string of the molecule is CCc1cc(F)cc(C2CCC(=O)NC2=O)c1. The molecule has 0 saturated carbocycles. The first-order chi connectivity index (χ1) is 8.10. The molecule has 1 aliphatic rings. The van der Waals surface area contributed by atoms with Gasteiger partial charge in [-0.3, -0.25) is 14.9 Å². The van der Waals surface area contributed by atoms with Crippen molar-refractivity contribution in [3.8, 4) is 0 Å². The Morgan fingerprint density at radius 3 is 2.76 bits per heavy atom. The summed E-state index contributed by atoms with van der Waals surface area (Å²) in [6.45, 7) is 1.93. The summed E-state index contributed by atoms with van der Waals surface area (Å²) in [5.41, 5.74) is 1.52. The minimum Gasteiger partial charge on any atom is -0.296 e. The minimum absolute atomic E-state index is 0.252. The van der Waals surface area contributed by atoms with Gasteiger partial charge in [-0.2, -0.15) is 0 Å². The summed E-state index contributed by atoms with van der Waals surface area (Å²) in [6, 6.07) is 4.68. The number of hydrogen-bond acceptors (Lipinski definition) is 2. The fraction of sp³-hybridized carbons (Fsp3) is 0.385. The number of piperidine rings is 1. The first-order valence-electron chi connectivity index (χ1n) is 5.73. The van der Waals surface area contributed by atoms with Gasteiger partial charge >= 0.3 is 0 Å². The number of aryl methyl sites for hydroxylation is 1. The van der Waals surface area contributed by atoms with E-state index in [0.29, 0.717) is 18.4 Å². The summed E-state index contributed by atoms with van der Waals surface area (Å²) in [4.78, 5) is 22.7. The van der Waals surface area contributed by atoms with Crippen LogP contribution in [0.25, 0.3) is 0 Å². The van der Waals surface area contributed by atoms with Crippen molar-refractivity contribution in [3.63, 3.8) is 0 Å². The molecule has 1 heterocycles. The molecular formula is C13H14FNO2. The Morgan fingerprint density at radius 2 is 2.12 bits per heavy atom. The predicted octanol–water partition coefficient (Wildman–Crippen LogP) is 1.91. The van der Waals surface area contributed by atoms with Crippen LogP contribution in [-0.4, -0.2) is 11.8 Å².